The molecule has 1 aromatic heterocycles. The van der Waals surface area contributed by atoms with Crippen molar-refractivity contribution in [2.45, 2.75) is 5.41 Å². The van der Waals surface area contributed by atoms with Crippen molar-refractivity contribution >= 4 is 43.4 Å². The van der Waals surface area contributed by atoms with Crippen LogP contribution >= 0.6 is 0 Å². The molecule has 2 heterocycles. The summed E-state index contributed by atoms with van der Waals surface area (Å²) in [6.45, 7) is 0. The standard InChI is InChI=1S/C45H27N/c1-2-11-32-28(10-1)20-21-31-26-29(22-24-33(31)32)30-23-25-43-41(27-30)45(38-16-6-3-12-34(38)35-13-4-7-17-39(35)45)40-18-9-15-37-36-14-5-8-19-42(36)46(43)44(37)40/h1-27H. The molecule has 9 aromatic rings. The molecule has 0 radical (unpaired) electrons. The highest BCUT2D eigenvalue weighted by Gasteiger charge is 2.50. The van der Waals surface area contributed by atoms with Gasteiger partial charge in [-0.05, 0) is 90.3 Å². The number of fused-ring (bicyclic) bond motifs is 15. The number of nitrogens with zero attached hydrogens (tertiary/aromatic N) is 1. The van der Waals surface area contributed by atoms with E-state index in [1.807, 2.05) is 0 Å². The van der Waals surface area contributed by atoms with E-state index in [1.165, 1.54) is 93.5 Å². The lowest BCUT2D eigenvalue weighted by Gasteiger charge is -2.40. The molecule has 0 saturated carbocycles. The number of para-hydroxylation sites is 2. The van der Waals surface area contributed by atoms with Crippen molar-refractivity contribution in [2.24, 2.45) is 0 Å². The Morgan fingerprint density at radius 3 is 1.83 bits per heavy atom. The lowest BCUT2D eigenvalue weighted by atomic mass is 9.65. The summed E-state index contributed by atoms with van der Waals surface area (Å²) in [5.74, 6) is 0. The SMILES string of the molecule is c1ccc2c(c1)-c1ccccc1C21c2cc(-c3ccc4c(ccc5ccccc54)c3)ccc2-n2c3ccccc3c3cccc1c32. The van der Waals surface area contributed by atoms with Crippen LogP contribution in [0.4, 0.5) is 0 Å². The Morgan fingerprint density at radius 1 is 0.370 bits per heavy atom. The van der Waals surface area contributed by atoms with Gasteiger partial charge in [-0.25, -0.2) is 0 Å². The van der Waals surface area contributed by atoms with Crippen LogP contribution in [0.3, 0.4) is 0 Å². The molecule has 1 aliphatic carbocycles. The van der Waals surface area contributed by atoms with Crippen molar-refractivity contribution in [1.29, 1.82) is 0 Å². The smallest absolute Gasteiger partial charge is 0.0754 e. The maximum absolute atomic E-state index is 2.53. The largest absolute Gasteiger partial charge is 0.309 e. The van der Waals surface area contributed by atoms with Crippen LogP contribution in [-0.2, 0) is 5.41 Å². The Kier molecular flexibility index (Phi) is 4.57. The van der Waals surface area contributed by atoms with Crippen molar-refractivity contribution in [3.8, 4) is 27.9 Å². The summed E-state index contributed by atoms with van der Waals surface area (Å²) in [7, 11) is 0. The summed E-state index contributed by atoms with van der Waals surface area (Å²) >= 11 is 0. The van der Waals surface area contributed by atoms with Crippen LogP contribution in [0.5, 0.6) is 0 Å². The predicted octanol–water partition coefficient (Wildman–Crippen LogP) is 11.4. The lowest BCUT2D eigenvalue weighted by molar-refractivity contribution is 0.749. The summed E-state index contributed by atoms with van der Waals surface area (Å²) in [5, 5.41) is 7.75. The molecule has 212 valence electrons. The summed E-state index contributed by atoms with van der Waals surface area (Å²) in [4.78, 5) is 0. The zero-order chi connectivity index (χ0) is 30.0. The Labute approximate surface area is 266 Å². The first-order valence-electron chi connectivity index (χ1n) is 16.1. The summed E-state index contributed by atoms with van der Waals surface area (Å²) in [6, 6.07) is 61.4. The molecular weight excluding hydrogens is 555 g/mol. The first-order valence-corrected chi connectivity index (χ1v) is 16.1. The third kappa shape index (κ3) is 2.87. The van der Waals surface area contributed by atoms with Crippen LogP contribution in [0.1, 0.15) is 22.3 Å². The van der Waals surface area contributed by atoms with E-state index in [4.69, 9.17) is 0 Å². The number of hydrogen-bond acceptors (Lipinski definition) is 0. The topological polar surface area (TPSA) is 4.93 Å². The number of benzene rings is 8. The Balaban J connectivity index is 1.28. The second-order valence-electron chi connectivity index (χ2n) is 12.9. The maximum atomic E-state index is 2.53. The fourth-order valence-corrected chi connectivity index (χ4v) is 8.94. The van der Waals surface area contributed by atoms with Crippen LogP contribution < -0.4 is 0 Å². The molecule has 1 nitrogen and oxygen atoms in total. The van der Waals surface area contributed by atoms with Gasteiger partial charge in [0.15, 0.2) is 0 Å². The Morgan fingerprint density at radius 2 is 0.978 bits per heavy atom. The van der Waals surface area contributed by atoms with Gasteiger partial charge in [-0.15, -0.1) is 0 Å². The van der Waals surface area contributed by atoms with Crippen molar-refractivity contribution in [2.75, 3.05) is 0 Å². The van der Waals surface area contributed by atoms with E-state index >= 15 is 0 Å². The van der Waals surface area contributed by atoms with Crippen molar-refractivity contribution < 1.29 is 0 Å². The first-order chi connectivity index (χ1) is 22.8. The van der Waals surface area contributed by atoms with E-state index in [9.17, 15) is 0 Å². The summed E-state index contributed by atoms with van der Waals surface area (Å²) < 4.78 is 2.53. The highest BCUT2D eigenvalue weighted by Crippen LogP contribution is 2.61. The van der Waals surface area contributed by atoms with Crippen LogP contribution in [0, 0.1) is 0 Å². The van der Waals surface area contributed by atoms with Gasteiger partial charge in [-0.2, -0.15) is 0 Å². The van der Waals surface area contributed by atoms with Gasteiger partial charge >= 0.3 is 0 Å². The van der Waals surface area contributed by atoms with Crippen LogP contribution in [-0.4, -0.2) is 4.57 Å². The summed E-state index contributed by atoms with van der Waals surface area (Å²) in [6.07, 6.45) is 0. The van der Waals surface area contributed by atoms with E-state index in [2.05, 4.69) is 168 Å². The number of hydrogen-bond donors (Lipinski definition) is 0. The predicted molar refractivity (Wildman–Crippen MR) is 192 cm³/mol. The van der Waals surface area contributed by atoms with Gasteiger partial charge < -0.3 is 4.57 Å². The zero-order valence-corrected chi connectivity index (χ0v) is 25.0. The van der Waals surface area contributed by atoms with Gasteiger partial charge in [0.1, 0.15) is 0 Å². The molecule has 8 aromatic carbocycles. The molecule has 0 N–H and O–H groups in total. The van der Waals surface area contributed by atoms with Gasteiger partial charge in [0.2, 0.25) is 0 Å². The van der Waals surface area contributed by atoms with E-state index in [0.717, 1.165) is 0 Å². The quantitative estimate of drug-likeness (QED) is 0.170. The second-order valence-corrected chi connectivity index (χ2v) is 12.9. The summed E-state index contributed by atoms with van der Waals surface area (Å²) in [5.41, 5.74) is 13.9. The second kappa shape index (κ2) is 8.62. The molecule has 46 heavy (non-hydrogen) atoms. The van der Waals surface area contributed by atoms with Crippen molar-refractivity contribution in [1.82, 2.24) is 4.57 Å². The fraction of sp³-hybridized carbons (Fsp3) is 0.0222. The molecule has 0 saturated heterocycles. The molecule has 2 aliphatic rings. The van der Waals surface area contributed by atoms with Crippen molar-refractivity contribution in [3.05, 3.63) is 186 Å². The molecule has 0 bridgehead atoms. The monoisotopic (exact) mass is 581 g/mol. The number of aromatic nitrogens is 1. The molecule has 0 amide bonds. The normalized spacial score (nSPS) is 13.8. The average Bonchev–Trinajstić information content (AvgIpc) is 3.62. The van der Waals surface area contributed by atoms with E-state index in [0.29, 0.717) is 0 Å². The fourth-order valence-electron chi connectivity index (χ4n) is 8.94. The minimum Gasteiger partial charge on any atom is -0.309 e. The highest BCUT2D eigenvalue weighted by atomic mass is 15.0. The van der Waals surface area contributed by atoms with Crippen LogP contribution in [0.2, 0.25) is 0 Å². The lowest BCUT2D eigenvalue weighted by Crippen LogP contribution is -2.33. The molecule has 1 aliphatic heterocycles. The van der Waals surface area contributed by atoms with Crippen LogP contribution in [0.25, 0.3) is 71.3 Å². The number of rotatable bonds is 1. The molecule has 0 unspecified atom stereocenters. The van der Waals surface area contributed by atoms with E-state index < -0.39 is 5.41 Å². The maximum Gasteiger partial charge on any atom is 0.0754 e. The van der Waals surface area contributed by atoms with Gasteiger partial charge in [-0.1, -0.05) is 140 Å². The molecule has 11 rings (SSSR count). The minimum atomic E-state index is -0.435. The van der Waals surface area contributed by atoms with E-state index in [-0.39, 0.29) is 0 Å². The van der Waals surface area contributed by atoms with Gasteiger partial charge in [0.25, 0.3) is 0 Å². The Hall–Kier alpha value is -5.92. The van der Waals surface area contributed by atoms with Gasteiger partial charge in [0.05, 0.1) is 22.1 Å². The minimum absolute atomic E-state index is 0.435. The van der Waals surface area contributed by atoms with Gasteiger partial charge in [-0.3, -0.25) is 0 Å². The third-order valence-electron chi connectivity index (χ3n) is 10.8. The molecule has 0 fully saturated rings. The molecule has 1 spiro atoms. The first kappa shape index (κ1) is 24.4. The molecule has 0 atom stereocenters. The third-order valence-corrected chi connectivity index (χ3v) is 10.8. The average molecular weight is 582 g/mol. The van der Waals surface area contributed by atoms with Gasteiger partial charge in [0, 0.05) is 10.8 Å². The molecule has 1 heteroatoms. The molecular formula is C45H27N. The highest BCUT2D eigenvalue weighted by molar-refractivity contribution is 6.13. The van der Waals surface area contributed by atoms with Crippen molar-refractivity contribution in [3.63, 3.8) is 0 Å². The van der Waals surface area contributed by atoms with E-state index in [1.54, 1.807) is 0 Å². The zero-order valence-electron chi connectivity index (χ0n) is 25.0. The Bertz CT molecular complexity index is 2710. The van der Waals surface area contributed by atoms with Crippen LogP contribution in [0.15, 0.2) is 164 Å².